The standard InChI is InChI=1S/C16H17NO2S2/c18-16(15-9-13-3-1-2-4-14(13)19-15)17-6-8-21-11-12-5-7-20-10-12/h1-5,7,10,15H,6,8-9,11H2,(H,17,18). The van der Waals surface area contributed by atoms with Crippen molar-refractivity contribution in [3.63, 3.8) is 0 Å². The van der Waals surface area contributed by atoms with E-state index in [0.717, 1.165) is 22.8 Å². The van der Waals surface area contributed by atoms with Gasteiger partial charge in [0.05, 0.1) is 0 Å². The van der Waals surface area contributed by atoms with Crippen molar-refractivity contribution in [2.45, 2.75) is 18.3 Å². The van der Waals surface area contributed by atoms with Crippen molar-refractivity contribution in [3.8, 4) is 5.75 Å². The smallest absolute Gasteiger partial charge is 0.261 e. The molecular weight excluding hydrogens is 302 g/mol. The molecule has 3 rings (SSSR count). The second-order valence-corrected chi connectivity index (χ2v) is 6.78. The molecule has 0 fully saturated rings. The number of benzene rings is 1. The highest BCUT2D eigenvalue weighted by Gasteiger charge is 2.28. The maximum atomic E-state index is 12.1. The molecule has 1 aromatic carbocycles. The summed E-state index contributed by atoms with van der Waals surface area (Å²) in [6.45, 7) is 0.684. The van der Waals surface area contributed by atoms with Crippen LogP contribution >= 0.6 is 23.1 Å². The number of hydrogen-bond acceptors (Lipinski definition) is 4. The number of ether oxygens (including phenoxy) is 1. The molecule has 21 heavy (non-hydrogen) atoms. The van der Waals surface area contributed by atoms with Crippen molar-refractivity contribution in [1.82, 2.24) is 5.32 Å². The lowest BCUT2D eigenvalue weighted by Gasteiger charge is -2.11. The van der Waals surface area contributed by atoms with Gasteiger partial charge in [0.1, 0.15) is 5.75 Å². The van der Waals surface area contributed by atoms with Crippen LogP contribution in [0.15, 0.2) is 41.1 Å². The predicted molar refractivity (Wildman–Crippen MR) is 88.1 cm³/mol. The van der Waals surface area contributed by atoms with Crippen molar-refractivity contribution >= 4 is 29.0 Å². The summed E-state index contributed by atoms with van der Waals surface area (Å²) < 4.78 is 5.67. The van der Waals surface area contributed by atoms with E-state index in [1.54, 1.807) is 11.3 Å². The Labute approximate surface area is 132 Å². The van der Waals surface area contributed by atoms with E-state index in [1.807, 2.05) is 36.0 Å². The minimum absolute atomic E-state index is 0.0117. The van der Waals surface area contributed by atoms with E-state index in [1.165, 1.54) is 5.56 Å². The first-order chi connectivity index (χ1) is 10.3. The van der Waals surface area contributed by atoms with Gasteiger partial charge in [-0.15, -0.1) is 0 Å². The number of amides is 1. The number of thiophene rings is 1. The Balaban J connectivity index is 1.36. The summed E-state index contributed by atoms with van der Waals surface area (Å²) in [6, 6.07) is 9.97. The van der Waals surface area contributed by atoms with Crippen LogP contribution in [0, 0.1) is 0 Å². The van der Waals surface area contributed by atoms with Gasteiger partial charge in [0.25, 0.3) is 5.91 Å². The summed E-state index contributed by atoms with van der Waals surface area (Å²) in [6.07, 6.45) is 0.300. The molecule has 0 radical (unpaired) electrons. The van der Waals surface area contributed by atoms with Gasteiger partial charge < -0.3 is 10.1 Å². The van der Waals surface area contributed by atoms with Crippen LogP contribution < -0.4 is 10.1 Å². The Kier molecular flexibility index (Phi) is 4.83. The van der Waals surface area contributed by atoms with Gasteiger partial charge >= 0.3 is 0 Å². The van der Waals surface area contributed by atoms with E-state index in [9.17, 15) is 4.79 Å². The lowest BCUT2D eigenvalue weighted by atomic mass is 10.1. The average Bonchev–Trinajstić information content (AvgIpc) is 3.15. The lowest BCUT2D eigenvalue weighted by Crippen LogP contribution is -2.38. The minimum atomic E-state index is -0.371. The summed E-state index contributed by atoms with van der Waals surface area (Å²) in [7, 11) is 0. The minimum Gasteiger partial charge on any atom is -0.480 e. The third kappa shape index (κ3) is 3.80. The van der Waals surface area contributed by atoms with Crippen LogP contribution in [0.4, 0.5) is 0 Å². The van der Waals surface area contributed by atoms with Gasteiger partial charge in [-0.3, -0.25) is 4.79 Å². The van der Waals surface area contributed by atoms with Gasteiger partial charge in [0.15, 0.2) is 6.10 Å². The van der Waals surface area contributed by atoms with E-state index in [4.69, 9.17) is 4.74 Å². The Hall–Kier alpha value is -1.46. The fourth-order valence-electron chi connectivity index (χ4n) is 2.25. The molecule has 5 heteroatoms. The highest BCUT2D eigenvalue weighted by molar-refractivity contribution is 7.98. The largest absolute Gasteiger partial charge is 0.480 e. The zero-order valence-electron chi connectivity index (χ0n) is 11.6. The summed E-state index contributed by atoms with van der Waals surface area (Å²) >= 11 is 3.55. The number of fused-ring (bicyclic) bond motifs is 1. The van der Waals surface area contributed by atoms with Crippen LogP contribution in [0.5, 0.6) is 5.75 Å². The van der Waals surface area contributed by atoms with Gasteiger partial charge in [0, 0.05) is 24.5 Å². The van der Waals surface area contributed by atoms with Crippen molar-refractivity contribution in [2.24, 2.45) is 0 Å². The summed E-state index contributed by atoms with van der Waals surface area (Å²) in [5, 5.41) is 7.21. The SMILES string of the molecule is O=C(NCCSCc1ccsc1)C1Cc2ccccc2O1. The average molecular weight is 319 g/mol. The van der Waals surface area contributed by atoms with Gasteiger partial charge in [0.2, 0.25) is 0 Å². The number of para-hydroxylation sites is 1. The maximum Gasteiger partial charge on any atom is 0.261 e. The van der Waals surface area contributed by atoms with Crippen molar-refractivity contribution in [2.75, 3.05) is 12.3 Å². The first-order valence-corrected chi connectivity index (χ1v) is 9.04. The van der Waals surface area contributed by atoms with Gasteiger partial charge in [-0.05, 0) is 34.0 Å². The molecule has 2 aromatic rings. The van der Waals surface area contributed by atoms with E-state index in [0.29, 0.717) is 13.0 Å². The molecule has 0 saturated heterocycles. The molecular formula is C16H17NO2S2. The quantitative estimate of drug-likeness (QED) is 0.832. The summed E-state index contributed by atoms with van der Waals surface area (Å²) in [4.78, 5) is 12.1. The Bertz CT molecular complexity index is 573. The number of nitrogens with one attached hydrogen (secondary N) is 1. The highest BCUT2D eigenvalue weighted by Crippen LogP contribution is 2.28. The zero-order chi connectivity index (χ0) is 14.5. The molecule has 2 heterocycles. The first-order valence-electron chi connectivity index (χ1n) is 6.94. The topological polar surface area (TPSA) is 38.3 Å². The van der Waals surface area contributed by atoms with Crippen molar-refractivity contribution in [1.29, 1.82) is 0 Å². The van der Waals surface area contributed by atoms with E-state index in [2.05, 4.69) is 22.1 Å². The molecule has 110 valence electrons. The zero-order valence-corrected chi connectivity index (χ0v) is 13.2. The second-order valence-electron chi connectivity index (χ2n) is 4.89. The normalized spacial score (nSPS) is 16.3. The van der Waals surface area contributed by atoms with E-state index < -0.39 is 0 Å². The van der Waals surface area contributed by atoms with Crippen LogP contribution in [-0.2, 0) is 17.0 Å². The van der Waals surface area contributed by atoms with Crippen LogP contribution in [0.1, 0.15) is 11.1 Å². The molecule has 1 atom stereocenters. The molecule has 1 aromatic heterocycles. The van der Waals surface area contributed by atoms with Crippen molar-refractivity contribution < 1.29 is 9.53 Å². The molecule has 1 aliphatic rings. The summed E-state index contributed by atoms with van der Waals surface area (Å²) in [5.74, 6) is 2.75. The van der Waals surface area contributed by atoms with E-state index >= 15 is 0 Å². The van der Waals surface area contributed by atoms with Crippen LogP contribution in [0.3, 0.4) is 0 Å². The number of carbonyl (C=O) groups is 1. The molecule has 0 bridgehead atoms. The number of rotatable bonds is 6. The van der Waals surface area contributed by atoms with Crippen molar-refractivity contribution in [3.05, 3.63) is 52.2 Å². The van der Waals surface area contributed by atoms with Crippen LogP contribution in [0.25, 0.3) is 0 Å². The third-order valence-electron chi connectivity index (χ3n) is 3.33. The fourth-order valence-corrected chi connectivity index (χ4v) is 3.83. The Morgan fingerprint density at radius 1 is 1.38 bits per heavy atom. The summed E-state index contributed by atoms with van der Waals surface area (Å²) in [5.41, 5.74) is 2.47. The third-order valence-corrected chi connectivity index (χ3v) is 5.10. The molecule has 0 aliphatic carbocycles. The molecule has 3 nitrogen and oxygen atoms in total. The highest BCUT2D eigenvalue weighted by atomic mass is 32.2. The monoisotopic (exact) mass is 319 g/mol. The lowest BCUT2D eigenvalue weighted by molar-refractivity contribution is -0.127. The molecule has 1 aliphatic heterocycles. The molecule has 1 amide bonds. The number of carbonyl (C=O) groups excluding carboxylic acids is 1. The molecule has 0 spiro atoms. The maximum absolute atomic E-state index is 12.1. The first kappa shape index (κ1) is 14.5. The predicted octanol–water partition coefficient (Wildman–Crippen LogP) is 3.10. The Morgan fingerprint density at radius 3 is 3.10 bits per heavy atom. The van der Waals surface area contributed by atoms with Gasteiger partial charge in [-0.25, -0.2) is 0 Å². The van der Waals surface area contributed by atoms with Crippen LogP contribution in [-0.4, -0.2) is 24.3 Å². The molecule has 0 saturated carbocycles. The number of hydrogen-bond donors (Lipinski definition) is 1. The molecule has 1 unspecified atom stereocenters. The molecule has 1 N–H and O–H groups in total. The van der Waals surface area contributed by atoms with Crippen LogP contribution in [0.2, 0.25) is 0 Å². The van der Waals surface area contributed by atoms with Gasteiger partial charge in [-0.1, -0.05) is 18.2 Å². The fraction of sp³-hybridized carbons (Fsp3) is 0.312. The van der Waals surface area contributed by atoms with E-state index in [-0.39, 0.29) is 12.0 Å². The number of thioether (sulfide) groups is 1. The second kappa shape index (κ2) is 7.00. The van der Waals surface area contributed by atoms with Gasteiger partial charge in [-0.2, -0.15) is 23.1 Å². The Morgan fingerprint density at radius 2 is 2.29 bits per heavy atom.